The summed E-state index contributed by atoms with van der Waals surface area (Å²) in [6, 6.07) is 23.5. The summed E-state index contributed by atoms with van der Waals surface area (Å²) in [4.78, 5) is 35.4. The van der Waals surface area contributed by atoms with E-state index >= 15 is 0 Å². The molecule has 3 aromatic carbocycles. The molecule has 0 saturated carbocycles. The Hall–Kier alpha value is -4.72. The summed E-state index contributed by atoms with van der Waals surface area (Å²) < 4.78 is 12.5. The summed E-state index contributed by atoms with van der Waals surface area (Å²) in [6.45, 7) is 3.96. The highest BCUT2D eigenvalue weighted by Gasteiger charge is 2.22. The number of benzene rings is 3. The average Bonchev–Trinajstić information content (AvgIpc) is 3.66. The molecule has 1 saturated heterocycles. The number of likely N-dealkylation sites (tertiary alicyclic amines) is 1. The molecule has 1 aliphatic rings. The Balaban J connectivity index is 0.000000612. The molecule has 1 aliphatic heterocycles. The molecule has 0 amide bonds. The molecule has 0 bridgehead atoms. The van der Waals surface area contributed by atoms with E-state index in [1.165, 1.54) is 12.8 Å². The second kappa shape index (κ2) is 14.3. The first-order valence-electron chi connectivity index (χ1n) is 13.3. The minimum atomic E-state index is -1.82. The normalized spacial score (nSPS) is 12.7. The number of ketones is 1. The van der Waals surface area contributed by atoms with Gasteiger partial charge in [0, 0.05) is 38.2 Å². The lowest BCUT2D eigenvalue weighted by molar-refractivity contribution is -0.159. The zero-order chi connectivity index (χ0) is 30.1. The van der Waals surface area contributed by atoms with E-state index in [0.29, 0.717) is 23.5 Å². The number of nitrogens with zero attached hydrogens (tertiary/aromatic N) is 2. The van der Waals surface area contributed by atoms with Gasteiger partial charge in [0.15, 0.2) is 5.78 Å². The summed E-state index contributed by atoms with van der Waals surface area (Å²) in [5, 5.41) is 24.8. The molecule has 0 spiro atoms. The van der Waals surface area contributed by atoms with Gasteiger partial charge < -0.3 is 19.7 Å². The monoisotopic (exact) mass is 586 g/mol. The number of ether oxygens (including phenoxy) is 2. The Bertz CT molecular complexity index is 1600. The number of thiophene rings is 1. The van der Waals surface area contributed by atoms with Crippen LogP contribution in [0.1, 0.15) is 34.3 Å². The molecule has 9 nitrogen and oxygen atoms in total. The van der Waals surface area contributed by atoms with Gasteiger partial charge in [0.1, 0.15) is 18.1 Å². The van der Waals surface area contributed by atoms with Crippen molar-refractivity contribution in [1.82, 2.24) is 4.90 Å². The highest BCUT2D eigenvalue weighted by molar-refractivity contribution is 7.22. The fourth-order valence-corrected chi connectivity index (χ4v) is 5.94. The van der Waals surface area contributed by atoms with Gasteiger partial charge in [-0.25, -0.2) is 9.59 Å². The maximum absolute atomic E-state index is 13.8. The quantitative estimate of drug-likeness (QED) is 0.192. The van der Waals surface area contributed by atoms with Crippen LogP contribution in [-0.2, 0) is 16.0 Å². The predicted octanol–water partition coefficient (Wildman–Crippen LogP) is 5.50. The third kappa shape index (κ3) is 7.32. The minimum Gasteiger partial charge on any atom is -0.496 e. The Morgan fingerprint density at radius 1 is 0.976 bits per heavy atom. The molecular formula is C32H30N2O7S. The van der Waals surface area contributed by atoms with Gasteiger partial charge in [-0.1, -0.05) is 30.3 Å². The van der Waals surface area contributed by atoms with Crippen LogP contribution in [0, 0.1) is 11.3 Å². The number of carbonyl (C=O) groups excluding carboxylic acids is 1. The van der Waals surface area contributed by atoms with E-state index in [0.717, 1.165) is 51.5 Å². The first-order valence-corrected chi connectivity index (χ1v) is 14.2. The Morgan fingerprint density at radius 2 is 1.67 bits per heavy atom. The van der Waals surface area contributed by atoms with Crippen LogP contribution in [0.5, 0.6) is 11.5 Å². The largest absolute Gasteiger partial charge is 0.496 e. The molecule has 216 valence electrons. The number of carboxylic acids is 2. The van der Waals surface area contributed by atoms with Crippen LogP contribution in [0.25, 0.3) is 20.5 Å². The number of hydrogen-bond donors (Lipinski definition) is 2. The molecule has 10 heteroatoms. The zero-order valence-corrected chi connectivity index (χ0v) is 23.9. The van der Waals surface area contributed by atoms with Crippen LogP contribution >= 0.6 is 11.3 Å². The molecule has 5 rings (SSSR count). The Kier molecular flexibility index (Phi) is 10.3. The van der Waals surface area contributed by atoms with Crippen LogP contribution in [0.2, 0.25) is 0 Å². The molecule has 2 heterocycles. The average molecular weight is 587 g/mol. The Morgan fingerprint density at radius 3 is 2.31 bits per heavy atom. The van der Waals surface area contributed by atoms with Crippen LogP contribution in [0.15, 0.2) is 66.7 Å². The topological polar surface area (TPSA) is 137 Å². The van der Waals surface area contributed by atoms with E-state index in [2.05, 4.69) is 11.0 Å². The van der Waals surface area contributed by atoms with Crippen LogP contribution < -0.4 is 9.47 Å². The van der Waals surface area contributed by atoms with Crippen LogP contribution in [0.3, 0.4) is 0 Å². The molecule has 1 aromatic heterocycles. The summed E-state index contributed by atoms with van der Waals surface area (Å²) in [5.74, 6) is -2.32. The van der Waals surface area contributed by atoms with Crippen LogP contribution in [0.4, 0.5) is 0 Å². The van der Waals surface area contributed by atoms with Crippen molar-refractivity contribution in [2.75, 3.05) is 33.4 Å². The smallest absolute Gasteiger partial charge is 0.414 e. The van der Waals surface area contributed by atoms with E-state index in [4.69, 9.17) is 34.5 Å². The Labute approximate surface area is 247 Å². The third-order valence-corrected chi connectivity index (χ3v) is 8.04. The van der Waals surface area contributed by atoms with Crippen molar-refractivity contribution in [3.8, 4) is 28.0 Å². The first-order chi connectivity index (χ1) is 20.3. The summed E-state index contributed by atoms with van der Waals surface area (Å²) in [7, 11) is 1.56. The van der Waals surface area contributed by atoms with Gasteiger partial charge in [0.05, 0.1) is 19.6 Å². The van der Waals surface area contributed by atoms with E-state index in [-0.39, 0.29) is 12.2 Å². The number of methoxy groups -OCH3 is 1. The van der Waals surface area contributed by atoms with Crippen molar-refractivity contribution in [3.63, 3.8) is 0 Å². The van der Waals surface area contributed by atoms with E-state index < -0.39 is 11.9 Å². The minimum absolute atomic E-state index is 0.0600. The SMILES string of the molecule is COc1cc(C(=O)c2c(-c3ccc(OCCN4CCCC4)cc3)sc3ccccc23)ccc1CC#N.O=C(O)C(=O)O. The molecule has 4 aromatic rings. The first kappa shape index (κ1) is 30.2. The number of carboxylic acid groups (broad SMARTS) is 2. The lowest BCUT2D eigenvalue weighted by atomic mass is 9.96. The van der Waals surface area contributed by atoms with Crippen molar-refractivity contribution in [1.29, 1.82) is 5.26 Å². The van der Waals surface area contributed by atoms with E-state index in [1.54, 1.807) is 36.6 Å². The van der Waals surface area contributed by atoms with Crippen molar-refractivity contribution in [2.24, 2.45) is 0 Å². The summed E-state index contributed by atoms with van der Waals surface area (Å²) in [5.41, 5.74) is 2.99. The van der Waals surface area contributed by atoms with Gasteiger partial charge in [-0.05, 0) is 67.9 Å². The number of rotatable bonds is 9. The number of nitriles is 1. The molecule has 2 N–H and O–H groups in total. The number of fused-ring (bicyclic) bond motifs is 1. The van der Waals surface area contributed by atoms with Crippen molar-refractivity contribution in [3.05, 3.63) is 83.4 Å². The van der Waals surface area contributed by atoms with Gasteiger partial charge in [-0.15, -0.1) is 11.3 Å². The van der Waals surface area contributed by atoms with Gasteiger partial charge in [-0.3, -0.25) is 9.69 Å². The fraction of sp³-hybridized carbons (Fsp3) is 0.250. The van der Waals surface area contributed by atoms with Gasteiger partial charge in [0.25, 0.3) is 0 Å². The highest BCUT2D eigenvalue weighted by Crippen LogP contribution is 2.40. The van der Waals surface area contributed by atoms with E-state index in [9.17, 15) is 4.79 Å². The van der Waals surface area contributed by atoms with Crippen molar-refractivity contribution in [2.45, 2.75) is 19.3 Å². The lowest BCUT2D eigenvalue weighted by Crippen LogP contribution is -2.25. The second-order valence-electron chi connectivity index (χ2n) is 9.52. The van der Waals surface area contributed by atoms with E-state index in [1.807, 2.05) is 48.5 Å². The highest BCUT2D eigenvalue weighted by atomic mass is 32.1. The summed E-state index contributed by atoms with van der Waals surface area (Å²) >= 11 is 1.62. The van der Waals surface area contributed by atoms with Gasteiger partial charge in [0.2, 0.25) is 0 Å². The summed E-state index contributed by atoms with van der Waals surface area (Å²) in [6.07, 6.45) is 2.79. The maximum atomic E-state index is 13.8. The lowest BCUT2D eigenvalue weighted by Gasteiger charge is -2.15. The second-order valence-corrected chi connectivity index (χ2v) is 10.6. The number of aliphatic carboxylic acids is 2. The van der Waals surface area contributed by atoms with Gasteiger partial charge >= 0.3 is 11.9 Å². The molecule has 0 aliphatic carbocycles. The van der Waals surface area contributed by atoms with Crippen LogP contribution in [-0.4, -0.2) is 66.2 Å². The van der Waals surface area contributed by atoms with Crippen molar-refractivity contribution < 1.29 is 34.1 Å². The molecule has 0 radical (unpaired) electrons. The molecule has 1 fully saturated rings. The molecule has 0 unspecified atom stereocenters. The predicted molar refractivity (Wildman–Crippen MR) is 159 cm³/mol. The van der Waals surface area contributed by atoms with Gasteiger partial charge in [-0.2, -0.15) is 5.26 Å². The zero-order valence-electron chi connectivity index (χ0n) is 23.0. The standard InChI is InChI=1S/C30H28N2O3S.C2H2O4/c1-34-26-20-23(9-8-21(26)14-15-31)29(33)28-25-6-2-3-7-27(25)36-30(28)22-10-12-24(13-11-22)35-19-18-32-16-4-5-17-32;3-1(4)2(5)6/h2-3,6-13,20H,4-5,14,16-19H2,1H3;(H,3,4)(H,5,6). The maximum Gasteiger partial charge on any atom is 0.414 e. The number of carbonyl (C=O) groups is 3. The third-order valence-electron chi connectivity index (χ3n) is 6.82. The van der Waals surface area contributed by atoms with Crippen molar-refractivity contribution >= 4 is 39.1 Å². The molecule has 0 atom stereocenters. The molecular weight excluding hydrogens is 556 g/mol. The fourth-order valence-electron chi connectivity index (χ4n) is 4.74. The molecule has 42 heavy (non-hydrogen) atoms. The number of hydrogen-bond acceptors (Lipinski definition) is 8.